The van der Waals surface area contributed by atoms with E-state index in [4.69, 9.17) is 14.2 Å². The monoisotopic (exact) mass is 796 g/mol. The van der Waals surface area contributed by atoms with E-state index in [9.17, 15) is 19.5 Å². The second kappa shape index (κ2) is 39.3. The number of rotatable bonds is 38. The summed E-state index contributed by atoms with van der Waals surface area (Å²) in [4.78, 5) is 36.8. The number of carbonyl (C=O) groups is 3. The van der Waals surface area contributed by atoms with Gasteiger partial charge in [0.25, 0.3) is 0 Å². The molecule has 0 saturated heterocycles. The fourth-order valence-corrected chi connectivity index (χ4v) is 5.84. The maximum atomic E-state index is 12.7. The quantitative estimate of drug-likeness (QED) is 0.0202. The van der Waals surface area contributed by atoms with Gasteiger partial charge in [0, 0.05) is 19.3 Å². The minimum Gasteiger partial charge on any atom is -0.544 e. The van der Waals surface area contributed by atoms with Gasteiger partial charge in [0.15, 0.2) is 6.10 Å². The molecule has 0 radical (unpaired) electrons. The summed E-state index contributed by atoms with van der Waals surface area (Å²) in [6, 6.07) is -0.736. The first kappa shape index (κ1) is 53.5. The Bertz CT molecular complexity index is 1200. The molecule has 0 N–H and O–H groups in total. The number of likely N-dealkylation sites (N-methyl/N-ethyl adjacent to an activating group) is 1. The second-order valence-electron chi connectivity index (χ2n) is 15.6. The molecule has 2 atom stereocenters. The van der Waals surface area contributed by atoms with Crippen LogP contribution >= 0.6 is 0 Å². The molecule has 0 aromatic rings. The molecule has 0 bridgehead atoms. The molecule has 0 aliphatic carbocycles. The molecular weight excluding hydrogens is 715 g/mol. The molecule has 0 aliphatic rings. The molecule has 57 heavy (non-hydrogen) atoms. The minimum absolute atomic E-state index is 0.0200. The van der Waals surface area contributed by atoms with Gasteiger partial charge in [-0.05, 0) is 77.0 Å². The van der Waals surface area contributed by atoms with Crippen LogP contribution < -0.4 is 5.11 Å². The first-order chi connectivity index (χ1) is 27.6. The largest absolute Gasteiger partial charge is 0.544 e. The molecular formula is C49H81NO7. The maximum absolute atomic E-state index is 12.7. The van der Waals surface area contributed by atoms with Crippen LogP contribution in [0.25, 0.3) is 0 Å². The first-order valence-electron chi connectivity index (χ1n) is 22.1. The van der Waals surface area contributed by atoms with Crippen LogP contribution in [0.5, 0.6) is 0 Å². The fourth-order valence-electron chi connectivity index (χ4n) is 5.84. The van der Waals surface area contributed by atoms with Crippen LogP contribution in [0.2, 0.25) is 0 Å². The Morgan fingerprint density at radius 3 is 1.58 bits per heavy atom. The van der Waals surface area contributed by atoms with Crippen LogP contribution in [0.15, 0.2) is 85.1 Å². The summed E-state index contributed by atoms with van der Waals surface area (Å²) in [5, 5.41) is 11.6. The number of quaternary nitrogens is 1. The number of carbonyl (C=O) groups excluding carboxylic acids is 3. The second-order valence-corrected chi connectivity index (χ2v) is 15.6. The Morgan fingerprint density at radius 2 is 1.04 bits per heavy atom. The number of esters is 2. The summed E-state index contributed by atoms with van der Waals surface area (Å²) in [6.45, 7) is 4.42. The Morgan fingerprint density at radius 1 is 0.561 bits per heavy atom. The maximum Gasteiger partial charge on any atom is 0.306 e. The lowest BCUT2D eigenvalue weighted by Crippen LogP contribution is -2.55. The highest BCUT2D eigenvalue weighted by Crippen LogP contribution is 2.12. The van der Waals surface area contributed by atoms with E-state index >= 15 is 0 Å². The third kappa shape index (κ3) is 37.8. The number of unbranched alkanes of at least 4 members (excludes halogenated alkanes) is 11. The Hall–Kier alpha value is -3.49. The molecule has 0 amide bonds. The number of allylic oxidation sites excluding steroid dienone is 14. The molecule has 0 heterocycles. The Labute approximate surface area is 348 Å². The summed E-state index contributed by atoms with van der Waals surface area (Å²) in [6.07, 6.45) is 50.4. The van der Waals surface area contributed by atoms with Crippen molar-refractivity contribution in [3.05, 3.63) is 85.1 Å². The van der Waals surface area contributed by atoms with E-state index in [1.807, 2.05) is 0 Å². The van der Waals surface area contributed by atoms with E-state index in [2.05, 4.69) is 98.9 Å². The summed E-state index contributed by atoms with van der Waals surface area (Å²) >= 11 is 0. The minimum atomic E-state index is -1.14. The molecule has 8 nitrogen and oxygen atoms in total. The van der Waals surface area contributed by atoms with Gasteiger partial charge in [-0.2, -0.15) is 0 Å². The number of ether oxygens (including phenoxy) is 3. The van der Waals surface area contributed by atoms with Crippen LogP contribution in [0.3, 0.4) is 0 Å². The molecule has 0 saturated carbocycles. The molecule has 2 unspecified atom stereocenters. The van der Waals surface area contributed by atoms with Crippen molar-refractivity contribution >= 4 is 17.9 Å². The van der Waals surface area contributed by atoms with Crippen LogP contribution in [-0.2, 0) is 28.6 Å². The number of carboxylic acid groups (broad SMARTS) is 1. The highest BCUT2D eigenvalue weighted by molar-refractivity contribution is 5.70. The first-order valence-corrected chi connectivity index (χ1v) is 22.1. The van der Waals surface area contributed by atoms with Crippen LogP contribution in [0.4, 0.5) is 0 Å². The number of aliphatic carboxylic acids is 1. The number of nitrogens with zero attached hydrogens (tertiary/aromatic N) is 1. The summed E-state index contributed by atoms with van der Waals surface area (Å²) < 4.78 is 17.1. The normalized spacial score (nSPS) is 13.8. The van der Waals surface area contributed by atoms with Crippen LogP contribution in [0.1, 0.15) is 155 Å². The average molecular weight is 796 g/mol. The Kier molecular flexibility index (Phi) is 36.9. The van der Waals surface area contributed by atoms with Gasteiger partial charge in [0.2, 0.25) is 0 Å². The van der Waals surface area contributed by atoms with Crippen molar-refractivity contribution < 1.29 is 38.2 Å². The van der Waals surface area contributed by atoms with Gasteiger partial charge in [-0.15, -0.1) is 0 Å². The smallest absolute Gasteiger partial charge is 0.306 e. The van der Waals surface area contributed by atoms with E-state index in [0.29, 0.717) is 12.8 Å². The molecule has 0 aromatic carbocycles. The van der Waals surface area contributed by atoms with Crippen molar-refractivity contribution in [2.75, 3.05) is 41.0 Å². The lowest BCUT2D eigenvalue weighted by molar-refractivity contribution is -0.889. The van der Waals surface area contributed by atoms with Crippen LogP contribution in [0, 0.1) is 0 Å². The molecule has 0 rings (SSSR count). The number of hydrogen-bond acceptors (Lipinski definition) is 7. The highest BCUT2D eigenvalue weighted by atomic mass is 16.6. The average Bonchev–Trinajstić information content (AvgIpc) is 3.17. The van der Waals surface area contributed by atoms with Gasteiger partial charge in [0.05, 0.1) is 40.3 Å². The van der Waals surface area contributed by atoms with Gasteiger partial charge < -0.3 is 28.6 Å². The predicted molar refractivity (Wildman–Crippen MR) is 235 cm³/mol. The SMILES string of the molecule is CC/C=C/C/C=C/C/C=C/C/C=C/C/C=C/CCCCCCCCC(=O)OCC(COCCC(C(=O)[O-])[N+](C)(C)C)OC(=O)CCCCC/C=C/C=C/CCCC. The van der Waals surface area contributed by atoms with E-state index in [-0.39, 0.29) is 49.1 Å². The van der Waals surface area contributed by atoms with Gasteiger partial charge in [-0.1, -0.05) is 144 Å². The zero-order valence-electron chi connectivity index (χ0n) is 36.7. The van der Waals surface area contributed by atoms with Crippen LogP contribution in [-0.4, -0.2) is 75.5 Å². The third-order valence-corrected chi connectivity index (χ3v) is 9.29. The summed E-state index contributed by atoms with van der Waals surface area (Å²) in [7, 11) is 5.38. The molecule has 8 heteroatoms. The molecule has 0 fully saturated rings. The topological polar surface area (TPSA) is 102 Å². The van der Waals surface area contributed by atoms with Crippen molar-refractivity contribution in [1.82, 2.24) is 0 Å². The summed E-state index contributed by atoms with van der Waals surface area (Å²) in [5.41, 5.74) is 0. The van der Waals surface area contributed by atoms with Crippen molar-refractivity contribution in [3.63, 3.8) is 0 Å². The number of carboxylic acids is 1. The zero-order chi connectivity index (χ0) is 42.1. The molecule has 0 spiro atoms. The van der Waals surface area contributed by atoms with Gasteiger partial charge in [-0.3, -0.25) is 9.59 Å². The van der Waals surface area contributed by atoms with E-state index in [0.717, 1.165) is 89.9 Å². The standard InChI is InChI=1S/C49H81NO7/c1-6-8-10-12-14-16-18-19-20-21-22-23-24-25-26-27-28-30-31-33-35-37-39-47(51)56-44-45(43-55-42-41-46(49(53)54)50(3,4)5)57-48(52)40-38-36-34-32-29-17-15-13-11-9-7-2/h8,10,13-17,19-20,22-23,25-26,29,45-46H,6-7,9,11-12,18,21,24,27-28,30-44H2,1-5H3/b10-8+,15-13+,16-14+,20-19+,23-22+,26-25+,29-17+. The molecule has 324 valence electrons. The molecule has 0 aliphatic heterocycles. The third-order valence-electron chi connectivity index (χ3n) is 9.29. The van der Waals surface area contributed by atoms with Crippen molar-refractivity contribution in [2.24, 2.45) is 0 Å². The lowest BCUT2D eigenvalue weighted by atomic mass is 10.1. The van der Waals surface area contributed by atoms with Crippen molar-refractivity contribution in [3.8, 4) is 0 Å². The van der Waals surface area contributed by atoms with Gasteiger partial charge in [-0.25, -0.2) is 0 Å². The fraction of sp³-hybridized carbons (Fsp3) is 0.653. The lowest BCUT2D eigenvalue weighted by Gasteiger charge is -2.34. The van der Waals surface area contributed by atoms with E-state index in [1.54, 1.807) is 21.1 Å². The van der Waals surface area contributed by atoms with Crippen molar-refractivity contribution in [1.29, 1.82) is 0 Å². The Balaban J connectivity index is 4.34. The van der Waals surface area contributed by atoms with Gasteiger partial charge >= 0.3 is 11.9 Å². The highest BCUT2D eigenvalue weighted by Gasteiger charge is 2.25. The predicted octanol–water partition coefficient (Wildman–Crippen LogP) is 10.8. The van der Waals surface area contributed by atoms with E-state index in [1.165, 1.54) is 25.7 Å². The molecule has 0 aromatic heterocycles. The number of hydrogen-bond donors (Lipinski definition) is 0. The van der Waals surface area contributed by atoms with E-state index < -0.39 is 18.1 Å². The zero-order valence-corrected chi connectivity index (χ0v) is 36.7. The van der Waals surface area contributed by atoms with Crippen molar-refractivity contribution in [2.45, 2.75) is 167 Å². The summed E-state index contributed by atoms with van der Waals surface area (Å²) in [5.74, 6) is -1.80. The van der Waals surface area contributed by atoms with Gasteiger partial charge in [0.1, 0.15) is 12.6 Å².